The summed E-state index contributed by atoms with van der Waals surface area (Å²) in [6.45, 7) is 10.7. The number of benzene rings is 2. The van der Waals surface area contributed by atoms with E-state index < -0.39 is 0 Å². The van der Waals surface area contributed by atoms with E-state index in [0.29, 0.717) is 18.3 Å². The number of nitrogens with zero attached hydrogens (tertiary/aromatic N) is 3. The van der Waals surface area contributed by atoms with Gasteiger partial charge in [0.2, 0.25) is 11.7 Å². The van der Waals surface area contributed by atoms with Crippen LogP contribution in [-0.4, -0.2) is 34.1 Å². The summed E-state index contributed by atoms with van der Waals surface area (Å²) in [5.41, 5.74) is 5.32. The minimum absolute atomic E-state index is 0.0313. The van der Waals surface area contributed by atoms with Crippen LogP contribution in [0.2, 0.25) is 0 Å². The van der Waals surface area contributed by atoms with Gasteiger partial charge in [-0.05, 0) is 63.4 Å². The maximum atomic E-state index is 12.7. The van der Waals surface area contributed by atoms with Gasteiger partial charge in [0.15, 0.2) is 6.61 Å². The number of likely N-dealkylation sites (N-methyl/N-ethyl adjacent to an activating group) is 1. The molecule has 1 aromatic heterocycles. The van der Waals surface area contributed by atoms with E-state index in [9.17, 15) is 4.79 Å². The molecule has 0 aliphatic carbocycles. The molecule has 0 spiro atoms. The predicted molar refractivity (Wildman–Crippen MR) is 112 cm³/mol. The van der Waals surface area contributed by atoms with Crippen LogP contribution in [0.3, 0.4) is 0 Å². The van der Waals surface area contributed by atoms with Crippen molar-refractivity contribution in [2.24, 2.45) is 0 Å². The molecular formula is C23H27N3O3. The molecule has 0 atom stereocenters. The zero-order chi connectivity index (χ0) is 21.0. The van der Waals surface area contributed by atoms with Crippen LogP contribution in [-0.2, 0) is 11.3 Å². The Hall–Kier alpha value is -3.15. The maximum Gasteiger partial charge on any atom is 0.260 e. The number of rotatable bonds is 7. The van der Waals surface area contributed by atoms with Gasteiger partial charge in [-0.1, -0.05) is 35.0 Å². The molecule has 0 saturated carbocycles. The van der Waals surface area contributed by atoms with Crippen molar-refractivity contribution in [3.8, 4) is 17.1 Å². The molecule has 152 valence electrons. The van der Waals surface area contributed by atoms with Gasteiger partial charge in [0.25, 0.3) is 5.91 Å². The van der Waals surface area contributed by atoms with Gasteiger partial charge in [0.1, 0.15) is 12.3 Å². The van der Waals surface area contributed by atoms with E-state index in [1.165, 1.54) is 0 Å². The fraction of sp³-hybridized carbons (Fsp3) is 0.348. The molecule has 3 rings (SSSR count). The first-order chi connectivity index (χ1) is 13.9. The fourth-order valence-electron chi connectivity index (χ4n) is 3.14. The Labute approximate surface area is 171 Å². The topological polar surface area (TPSA) is 68.5 Å². The minimum Gasteiger partial charge on any atom is -0.483 e. The third-order valence-electron chi connectivity index (χ3n) is 4.92. The standard InChI is InChI=1S/C23H27N3O3/c1-6-26(22(27)14-28-20-12-16(3)10-17(4)18(20)5)13-21-24-23(25-29-21)19-9-7-8-15(2)11-19/h7-12H,6,13-14H2,1-5H3. The Morgan fingerprint density at radius 2 is 1.90 bits per heavy atom. The van der Waals surface area contributed by atoms with Crippen LogP contribution in [0.5, 0.6) is 5.75 Å². The first kappa shape index (κ1) is 20.6. The molecule has 6 nitrogen and oxygen atoms in total. The number of hydrogen-bond acceptors (Lipinski definition) is 5. The Morgan fingerprint density at radius 3 is 2.62 bits per heavy atom. The number of carbonyl (C=O) groups is 1. The summed E-state index contributed by atoms with van der Waals surface area (Å²) in [6.07, 6.45) is 0. The lowest BCUT2D eigenvalue weighted by atomic mass is 10.1. The lowest BCUT2D eigenvalue weighted by molar-refractivity contribution is -0.134. The minimum atomic E-state index is -0.124. The summed E-state index contributed by atoms with van der Waals surface area (Å²) in [5, 5.41) is 4.04. The molecule has 2 aromatic carbocycles. The molecule has 0 unspecified atom stereocenters. The lowest BCUT2D eigenvalue weighted by Gasteiger charge is -2.19. The molecule has 1 amide bonds. The van der Waals surface area contributed by atoms with Crippen LogP contribution in [0.1, 0.15) is 35.1 Å². The van der Waals surface area contributed by atoms with E-state index in [-0.39, 0.29) is 19.1 Å². The van der Waals surface area contributed by atoms with Gasteiger partial charge in [0.05, 0.1) is 0 Å². The van der Waals surface area contributed by atoms with Gasteiger partial charge in [-0.3, -0.25) is 4.79 Å². The molecule has 0 radical (unpaired) electrons. The van der Waals surface area contributed by atoms with E-state index in [1.54, 1.807) is 4.90 Å². The van der Waals surface area contributed by atoms with Crippen molar-refractivity contribution >= 4 is 5.91 Å². The summed E-state index contributed by atoms with van der Waals surface area (Å²) in [4.78, 5) is 18.7. The number of ether oxygens (including phenoxy) is 1. The molecule has 3 aromatic rings. The number of hydrogen-bond donors (Lipinski definition) is 0. The van der Waals surface area contributed by atoms with E-state index in [4.69, 9.17) is 9.26 Å². The highest BCUT2D eigenvalue weighted by molar-refractivity contribution is 5.77. The zero-order valence-corrected chi connectivity index (χ0v) is 17.7. The number of aryl methyl sites for hydroxylation is 3. The number of carbonyl (C=O) groups excluding carboxylic acids is 1. The molecule has 29 heavy (non-hydrogen) atoms. The Balaban J connectivity index is 1.65. The molecular weight excluding hydrogens is 366 g/mol. The normalized spacial score (nSPS) is 10.8. The smallest absolute Gasteiger partial charge is 0.260 e. The van der Waals surface area contributed by atoms with Gasteiger partial charge in [-0.2, -0.15) is 4.98 Å². The van der Waals surface area contributed by atoms with E-state index in [0.717, 1.165) is 33.6 Å². The van der Waals surface area contributed by atoms with Crippen LogP contribution in [0.25, 0.3) is 11.4 Å². The molecule has 0 saturated heterocycles. The summed E-state index contributed by atoms with van der Waals surface area (Å²) in [7, 11) is 0. The van der Waals surface area contributed by atoms with Gasteiger partial charge < -0.3 is 14.2 Å². The maximum absolute atomic E-state index is 12.7. The third-order valence-corrected chi connectivity index (χ3v) is 4.92. The van der Waals surface area contributed by atoms with Crippen LogP contribution in [0.4, 0.5) is 0 Å². The second-order valence-corrected chi connectivity index (χ2v) is 7.28. The SMILES string of the molecule is CCN(Cc1nc(-c2cccc(C)c2)no1)C(=O)COc1cc(C)cc(C)c1C. The highest BCUT2D eigenvalue weighted by Gasteiger charge is 2.18. The van der Waals surface area contributed by atoms with Crippen LogP contribution < -0.4 is 4.74 Å². The fourth-order valence-corrected chi connectivity index (χ4v) is 3.14. The second-order valence-electron chi connectivity index (χ2n) is 7.28. The quantitative estimate of drug-likeness (QED) is 0.595. The van der Waals surface area contributed by atoms with Crippen molar-refractivity contribution in [3.05, 3.63) is 64.5 Å². The average Bonchev–Trinajstić information content (AvgIpc) is 3.16. The average molecular weight is 393 g/mol. The second kappa shape index (κ2) is 8.90. The highest BCUT2D eigenvalue weighted by Crippen LogP contribution is 2.23. The van der Waals surface area contributed by atoms with Crippen molar-refractivity contribution < 1.29 is 14.1 Å². The Morgan fingerprint density at radius 1 is 1.10 bits per heavy atom. The summed E-state index contributed by atoms with van der Waals surface area (Å²) in [6, 6.07) is 12.0. The van der Waals surface area contributed by atoms with E-state index in [1.807, 2.05) is 65.0 Å². The predicted octanol–water partition coefficient (Wildman–Crippen LogP) is 4.40. The lowest BCUT2D eigenvalue weighted by Crippen LogP contribution is -2.34. The summed E-state index contributed by atoms with van der Waals surface area (Å²) >= 11 is 0. The molecule has 0 N–H and O–H groups in total. The Bertz CT molecular complexity index is 1010. The molecule has 0 aliphatic heterocycles. The van der Waals surface area contributed by atoms with Crippen LogP contribution in [0, 0.1) is 27.7 Å². The molecule has 0 aliphatic rings. The summed E-state index contributed by atoms with van der Waals surface area (Å²) in [5.74, 6) is 1.54. The monoisotopic (exact) mass is 393 g/mol. The number of amides is 1. The van der Waals surface area contributed by atoms with Crippen LogP contribution in [0.15, 0.2) is 40.9 Å². The van der Waals surface area contributed by atoms with Gasteiger partial charge in [-0.25, -0.2) is 0 Å². The molecule has 1 heterocycles. The van der Waals surface area contributed by atoms with Crippen molar-refractivity contribution in [2.45, 2.75) is 41.2 Å². The first-order valence-electron chi connectivity index (χ1n) is 9.75. The van der Waals surface area contributed by atoms with Crippen molar-refractivity contribution in [1.29, 1.82) is 0 Å². The van der Waals surface area contributed by atoms with Gasteiger partial charge in [-0.15, -0.1) is 0 Å². The Kier molecular flexibility index (Phi) is 6.32. The van der Waals surface area contributed by atoms with E-state index >= 15 is 0 Å². The largest absolute Gasteiger partial charge is 0.483 e. The third kappa shape index (κ3) is 5.02. The zero-order valence-electron chi connectivity index (χ0n) is 17.7. The molecule has 0 bridgehead atoms. The van der Waals surface area contributed by atoms with Crippen LogP contribution >= 0.6 is 0 Å². The van der Waals surface area contributed by atoms with Crippen molar-refractivity contribution in [1.82, 2.24) is 15.0 Å². The molecule has 6 heteroatoms. The summed E-state index contributed by atoms with van der Waals surface area (Å²) < 4.78 is 11.2. The molecule has 0 fully saturated rings. The highest BCUT2D eigenvalue weighted by atomic mass is 16.5. The van der Waals surface area contributed by atoms with Gasteiger partial charge >= 0.3 is 0 Å². The first-order valence-corrected chi connectivity index (χ1v) is 9.75. The van der Waals surface area contributed by atoms with Crippen molar-refractivity contribution in [2.75, 3.05) is 13.2 Å². The van der Waals surface area contributed by atoms with E-state index in [2.05, 4.69) is 16.2 Å². The van der Waals surface area contributed by atoms with Gasteiger partial charge in [0, 0.05) is 12.1 Å². The van der Waals surface area contributed by atoms with Crippen molar-refractivity contribution in [3.63, 3.8) is 0 Å². The number of aromatic nitrogens is 2.